The number of hydrogen-bond acceptors (Lipinski definition) is 6. The number of hydrogen-bond donors (Lipinski definition) is 2. The maximum Gasteiger partial charge on any atom is 0.293 e. The summed E-state index contributed by atoms with van der Waals surface area (Å²) in [5.74, 6) is -0.195. The highest BCUT2D eigenvalue weighted by Crippen LogP contribution is 2.28. The van der Waals surface area contributed by atoms with Gasteiger partial charge in [0.2, 0.25) is 0 Å². The predicted octanol–water partition coefficient (Wildman–Crippen LogP) is 4.18. The molecule has 3 rings (SSSR count). The molecule has 2 aromatic carbocycles. The number of halogens is 2. The smallest absolute Gasteiger partial charge is 0.293 e. The molecule has 0 radical (unpaired) electrons. The Labute approximate surface area is 174 Å². The summed E-state index contributed by atoms with van der Waals surface area (Å²) in [4.78, 5) is 10.7. The molecule has 0 unspecified atom stereocenters. The molecule has 1 heterocycles. The summed E-state index contributed by atoms with van der Waals surface area (Å²) in [7, 11) is 0. The van der Waals surface area contributed by atoms with Crippen LogP contribution in [0.1, 0.15) is 17.7 Å². The molecular weight excluding hydrogens is 443 g/mol. The van der Waals surface area contributed by atoms with Crippen molar-refractivity contribution in [3.05, 3.63) is 74.1 Å². The standard InChI is InChI=1S/C19H16BrFN6O2/c20-12-3-8-17(18(10-12)27(28)29)24-9-1-2-16-15(11-22)19(23)26(25-16)14-6-4-13(21)5-7-14/h3-8,10,24H,1-2,9,23H2. The second-order valence-corrected chi connectivity index (χ2v) is 7.07. The van der Waals surface area contributed by atoms with Crippen molar-refractivity contribution in [3.63, 3.8) is 0 Å². The third-order valence-corrected chi connectivity index (χ3v) is 4.73. The van der Waals surface area contributed by atoms with Crippen LogP contribution in [0.2, 0.25) is 0 Å². The second kappa shape index (κ2) is 8.70. The molecule has 0 atom stereocenters. The lowest BCUT2D eigenvalue weighted by atomic mass is 10.1. The Hall–Kier alpha value is -3.45. The summed E-state index contributed by atoms with van der Waals surface area (Å²) in [6.45, 7) is 0.441. The third-order valence-electron chi connectivity index (χ3n) is 4.24. The van der Waals surface area contributed by atoms with Gasteiger partial charge in [0, 0.05) is 17.1 Å². The van der Waals surface area contributed by atoms with Crippen LogP contribution in [0.15, 0.2) is 46.9 Å². The number of aryl methyl sites for hydroxylation is 1. The minimum Gasteiger partial charge on any atom is -0.382 e. The summed E-state index contributed by atoms with van der Waals surface area (Å²) in [6, 6.07) is 12.5. The SMILES string of the molecule is N#Cc1c(CCCNc2ccc(Br)cc2[N+](=O)[O-])nn(-c2ccc(F)cc2)c1N. The number of aromatic nitrogens is 2. The van der Waals surface area contributed by atoms with Crippen molar-refractivity contribution in [1.29, 1.82) is 5.26 Å². The average Bonchev–Trinajstić information content (AvgIpc) is 3.02. The van der Waals surface area contributed by atoms with E-state index in [0.29, 0.717) is 40.9 Å². The van der Waals surface area contributed by atoms with E-state index < -0.39 is 4.92 Å². The number of anilines is 2. The highest BCUT2D eigenvalue weighted by Gasteiger charge is 2.17. The number of nitro groups is 1. The molecule has 1 aromatic heterocycles. The first-order valence-corrected chi connectivity index (χ1v) is 9.41. The van der Waals surface area contributed by atoms with Gasteiger partial charge in [-0.25, -0.2) is 9.07 Å². The van der Waals surface area contributed by atoms with Crippen LogP contribution in [-0.4, -0.2) is 21.2 Å². The highest BCUT2D eigenvalue weighted by atomic mass is 79.9. The quantitative estimate of drug-likeness (QED) is 0.311. The normalized spacial score (nSPS) is 10.5. The summed E-state index contributed by atoms with van der Waals surface area (Å²) in [6.07, 6.45) is 1.01. The van der Waals surface area contributed by atoms with Gasteiger partial charge in [0.15, 0.2) is 0 Å². The van der Waals surface area contributed by atoms with Crippen LogP contribution in [0.25, 0.3) is 5.69 Å². The Morgan fingerprint density at radius 3 is 2.69 bits per heavy atom. The van der Waals surface area contributed by atoms with Crippen molar-refractivity contribution in [2.75, 3.05) is 17.6 Å². The lowest BCUT2D eigenvalue weighted by Crippen LogP contribution is -2.06. The van der Waals surface area contributed by atoms with Crippen molar-refractivity contribution in [3.8, 4) is 11.8 Å². The van der Waals surface area contributed by atoms with Gasteiger partial charge in [0.25, 0.3) is 5.69 Å². The highest BCUT2D eigenvalue weighted by molar-refractivity contribution is 9.10. The molecule has 0 aliphatic heterocycles. The van der Waals surface area contributed by atoms with E-state index in [1.165, 1.54) is 35.0 Å². The molecule has 0 aliphatic rings. The lowest BCUT2D eigenvalue weighted by Gasteiger charge is -2.07. The molecule has 3 N–H and O–H groups in total. The number of benzene rings is 2. The van der Waals surface area contributed by atoms with Gasteiger partial charge in [0.1, 0.15) is 29.0 Å². The fourth-order valence-corrected chi connectivity index (χ4v) is 3.19. The Kier molecular flexibility index (Phi) is 6.09. The van der Waals surface area contributed by atoms with Crippen molar-refractivity contribution in [1.82, 2.24) is 9.78 Å². The van der Waals surface area contributed by atoms with E-state index in [0.717, 1.165) is 0 Å². The lowest BCUT2D eigenvalue weighted by molar-refractivity contribution is -0.384. The number of nitrogens with zero attached hydrogens (tertiary/aromatic N) is 4. The van der Waals surface area contributed by atoms with Gasteiger partial charge in [0.05, 0.1) is 16.3 Å². The average molecular weight is 459 g/mol. The molecule has 10 heteroatoms. The maximum absolute atomic E-state index is 13.1. The number of nitro benzene ring substituents is 1. The molecule has 0 fully saturated rings. The molecule has 0 aliphatic carbocycles. The molecule has 3 aromatic rings. The van der Waals surface area contributed by atoms with Gasteiger partial charge in [-0.05, 0) is 49.2 Å². The molecule has 0 saturated carbocycles. The van der Waals surface area contributed by atoms with Crippen LogP contribution in [0.5, 0.6) is 0 Å². The van der Waals surface area contributed by atoms with E-state index in [4.69, 9.17) is 5.73 Å². The van der Waals surface area contributed by atoms with Crippen LogP contribution in [0.4, 0.5) is 21.6 Å². The number of nitrogens with two attached hydrogens (primary N) is 1. The van der Waals surface area contributed by atoms with E-state index in [9.17, 15) is 19.8 Å². The number of rotatable bonds is 7. The third kappa shape index (κ3) is 4.52. The zero-order valence-corrected chi connectivity index (χ0v) is 16.7. The minimum absolute atomic E-state index is 0.0260. The summed E-state index contributed by atoms with van der Waals surface area (Å²) in [5.41, 5.74) is 7.76. The first kappa shape index (κ1) is 20.3. The summed E-state index contributed by atoms with van der Waals surface area (Å²) < 4.78 is 15.2. The fourth-order valence-electron chi connectivity index (χ4n) is 2.84. The predicted molar refractivity (Wildman–Crippen MR) is 110 cm³/mol. The van der Waals surface area contributed by atoms with Gasteiger partial charge in [-0.15, -0.1) is 0 Å². The molecule has 0 saturated heterocycles. The monoisotopic (exact) mass is 458 g/mol. The minimum atomic E-state index is -0.452. The van der Waals surface area contributed by atoms with Gasteiger partial charge in [-0.3, -0.25) is 10.1 Å². The molecule has 148 valence electrons. The summed E-state index contributed by atoms with van der Waals surface area (Å²) in [5, 5.41) is 28.0. The second-order valence-electron chi connectivity index (χ2n) is 6.16. The largest absolute Gasteiger partial charge is 0.382 e. The van der Waals surface area contributed by atoms with Crippen LogP contribution < -0.4 is 11.1 Å². The van der Waals surface area contributed by atoms with E-state index in [1.54, 1.807) is 12.1 Å². The molecule has 0 spiro atoms. The van der Waals surface area contributed by atoms with Crippen LogP contribution in [0.3, 0.4) is 0 Å². The van der Waals surface area contributed by atoms with Crippen molar-refractivity contribution >= 4 is 33.1 Å². The number of nitriles is 1. The number of nitrogens with one attached hydrogen (secondary N) is 1. The molecule has 0 amide bonds. The maximum atomic E-state index is 13.1. The molecular formula is C19H16BrFN6O2. The summed E-state index contributed by atoms with van der Waals surface area (Å²) >= 11 is 3.22. The van der Waals surface area contributed by atoms with Gasteiger partial charge >= 0.3 is 0 Å². The van der Waals surface area contributed by atoms with Gasteiger partial charge in [-0.1, -0.05) is 15.9 Å². The Balaban J connectivity index is 1.70. The Morgan fingerprint density at radius 1 is 1.31 bits per heavy atom. The van der Waals surface area contributed by atoms with Crippen molar-refractivity contribution in [2.24, 2.45) is 0 Å². The zero-order chi connectivity index (χ0) is 21.0. The van der Waals surface area contributed by atoms with E-state index in [2.05, 4.69) is 32.4 Å². The Morgan fingerprint density at radius 2 is 2.03 bits per heavy atom. The van der Waals surface area contributed by atoms with Crippen molar-refractivity contribution in [2.45, 2.75) is 12.8 Å². The molecule has 29 heavy (non-hydrogen) atoms. The fraction of sp³-hybridized carbons (Fsp3) is 0.158. The zero-order valence-electron chi connectivity index (χ0n) is 15.1. The first-order chi connectivity index (χ1) is 13.9. The van der Waals surface area contributed by atoms with Crippen LogP contribution in [0, 0.1) is 27.3 Å². The molecule has 0 bridgehead atoms. The van der Waals surface area contributed by atoms with Crippen molar-refractivity contribution < 1.29 is 9.31 Å². The first-order valence-electron chi connectivity index (χ1n) is 8.62. The Bertz CT molecular complexity index is 1090. The van der Waals surface area contributed by atoms with E-state index >= 15 is 0 Å². The molecule has 8 nitrogen and oxygen atoms in total. The number of nitrogen functional groups attached to an aromatic ring is 1. The van der Waals surface area contributed by atoms with Gasteiger partial charge < -0.3 is 11.1 Å². The topological polar surface area (TPSA) is 123 Å². The van der Waals surface area contributed by atoms with Crippen LogP contribution in [-0.2, 0) is 6.42 Å². The van der Waals surface area contributed by atoms with Crippen LogP contribution >= 0.6 is 15.9 Å². The van der Waals surface area contributed by atoms with E-state index in [-0.39, 0.29) is 22.9 Å². The van der Waals surface area contributed by atoms with Gasteiger partial charge in [-0.2, -0.15) is 10.4 Å². The van der Waals surface area contributed by atoms with E-state index in [1.807, 2.05) is 0 Å².